The van der Waals surface area contributed by atoms with E-state index in [-0.39, 0.29) is 29.4 Å². The Kier molecular flexibility index (Phi) is 4.19. The van der Waals surface area contributed by atoms with E-state index < -0.39 is 0 Å². The maximum absolute atomic E-state index is 12.7. The van der Waals surface area contributed by atoms with Gasteiger partial charge in [-0.15, -0.1) is 11.8 Å². The van der Waals surface area contributed by atoms with Gasteiger partial charge in [0.25, 0.3) is 0 Å². The van der Waals surface area contributed by atoms with Crippen LogP contribution in [0.3, 0.4) is 0 Å². The van der Waals surface area contributed by atoms with E-state index in [2.05, 4.69) is 10.6 Å². The molecule has 0 unspecified atom stereocenters. The molecule has 1 atom stereocenters. The van der Waals surface area contributed by atoms with Crippen LogP contribution in [0.4, 0.5) is 4.39 Å². The number of amides is 2. The molecule has 0 saturated carbocycles. The molecule has 2 amide bonds. The third-order valence-electron chi connectivity index (χ3n) is 2.53. The summed E-state index contributed by atoms with van der Waals surface area (Å²) in [7, 11) is 0. The largest absolute Gasteiger partial charge is 0.354 e. The number of carbonyl (C=O) groups is 2. The average molecular weight is 268 g/mol. The second-order valence-corrected chi connectivity index (χ2v) is 5.06. The third-order valence-corrected chi connectivity index (χ3v) is 3.54. The summed E-state index contributed by atoms with van der Waals surface area (Å²) in [6.45, 7) is 0.492. The molecule has 4 nitrogen and oxygen atoms in total. The Morgan fingerprint density at radius 2 is 2.17 bits per heavy atom. The monoisotopic (exact) mass is 268 g/mol. The van der Waals surface area contributed by atoms with Gasteiger partial charge in [-0.25, -0.2) is 4.39 Å². The molecule has 0 spiro atoms. The number of hydrogen-bond acceptors (Lipinski definition) is 3. The Bertz CT molecular complexity index is 450. The zero-order chi connectivity index (χ0) is 13.0. The predicted octanol–water partition coefficient (Wildman–Crippen LogP) is 0.923. The van der Waals surface area contributed by atoms with Crippen molar-refractivity contribution in [3.05, 3.63) is 30.1 Å². The van der Waals surface area contributed by atoms with Crippen molar-refractivity contribution in [2.24, 2.45) is 0 Å². The fourth-order valence-corrected chi connectivity index (χ4v) is 2.37. The highest BCUT2D eigenvalue weighted by molar-refractivity contribution is 8.00. The van der Waals surface area contributed by atoms with E-state index in [4.69, 9.17) is 0 Å². The molecule has 1 fully saturated rings. The van der Waals surface area contributed by atoms with Gasteiger partial charge < -0.3 is 10.6 Å². The molecular formula is C12H13FN2O2S. The molecule has 2 N–H and O–H groups in total. The highest BCUT2D eigenvalue weighted by atomic mass is 32.2. The van der Waals surface area contributed by atoms with Crippen LogP contribution in [0, 0.1) is 5.82 Å². The van der Waals surface area contributed by atoms with Crippen molar-refractivity contribution in [3.8, 4) is 0 Å². The number of nitrogens with one attached hydrogen (secondary N) is 2. The van der Waals surface area contributed by atoms with Gasteiger partial charge in [0, 0.05) is 17.9 Å². The Hall–Kier alpha value is -1.56. The number of benzene rings is 1. The molecule has 0 aliphatic carbocycles. The summed E-state index contributed by atoms with van der Waals surface area (Å²) in [5.74, 6) is -0.187. The summed E-state index contributed by atoms with van der Waals surface area (Å²) in [5, 5.41) is 5.43. The first-order valence-corrected chi connectivity index (χ1v) is 6.56. The Morgan fingerprint density at radius 1 is 1.44 bits per heavy atom. The van der Waals surface area contributed by atoms with Gasteiger partial charge in [-0.3, -0.25) is 9.59 Å². The molecule has 96 valence electrons. The van der Waals surface area contributed by atoms with Crippen LogP contribution in [0.15, 0.2) is 29.2 Å². The van der Waals surface area contributed by atoms with E-state index >= 15 is 0 Å². The zero-order valence-corrected chi connectivity index (χ0v) is 10.4. The fourth-order valence-electron chi connectivity index (χ4n) is 1.66. The number of hydrogen-bond donors (Lipinski definition) is 2. The van der Waals surface area contributed by atoms with Crippen LogP contribution in [-0.2, 0) is 9.59 Å². The molecule has 1 aromatic rings. The summed E-state index contributed by atoms with van der Waals surface area (Å²) in [4.78, 5) is 23.4. The quantitative estimate of drug-likeness (QED) is 0.798. The number of rotatable bonds is 4. The Balaban J connectivity index is 1.74. The average Bonchev–Trinajstić information content (AvgIpc) is 2.74. The zero-order valence-electron chi connectivity index (χ0n) is 9.61. The van der Waals surface area contributed by atoms with Gasteiger partial charge in [0.1, 0.15) is 5.82 Å². The summed E-state index contributed by atoms with van der Waals surface area (Å²) in [6, 6.07) is 5.88. The predicted molar refractivity (Wildman–Crippen MR) is 66.7 cm³/mol. The molecule has 1 aliphatic rings. The van der Waals surface area contributed by atoms with Gasteiger partial charge in [-0.2, -0.15) is 0 Å². The molecule has 0 aromatic heterocycles. The van der Waals surface area contributed by atoms with E-state index in [1.165, 1.54) is 23.9 Å². The molecule has 1 saturated heterocycles. The smallest absolute Gasteiger partial charge is 0.230 e. The lowest BCUT2D eigenvalue weighted by Crippen LogP contribution is -2.37. The van der Waals surface area contributed by atoms with Crippen molar-refractivity contribution < 1.29 is 14.0 Å². The van der Waals surface area contributed by atoms with Gasteiger partial charge >= 0.3 is 0 Å². The minimum atomic E-state index is -0.292. The van der Waals surface area contributed by atoms with Crippen LogP contribution in [0.2, 0.25) is 0 Å². The Labute approximate surface area is 108 Å². The minimum absolute atomic E-state index is 0.0357. The van der Waals surface area contributed by atoms with Crippen LogP contribution < -0.4 is 10.6 Å². The minimum Gasteiger partial charge on any atom is -0.354 e. The second kappa shape index (κ2) is 5.86. The van der Waals surface area contributed by atoms with Gasteiger partial charge in [-0.1, -0.05) is 0 Å². The molecule has 1 aliphatic heterocycles. The summed E-state index contributed by atoms with van der Waals surface area (Å²) >= 11 is 1.34. The second-order valence-electron chi connectivity index (χ2n) is 4.02. The maximum Gasteiger partial charge on any atom is 0.230 e. The Morgan fingerprint density at radius 3 is 2.78 bits per heavy atom. The molecule has 2 rings (SSSR count). The molecule has 0 radical (unpaired) electrons. The van der Waals surface area contributed by atoms with E-state index in [9.17, 15) is 14.0 Å². The van der Waals surface area contributed by atoms with Gasteiger partial charge in [0.05, 0.1) is 11.8 Å². The molecule has 18 heavy (non-hydrogen) atoms. The van der Waals surface area contributed by atoms with E-state index in [1.807, 2.05) is 0 Å². The molecule has 0 bridgehead atoms. The number of carbonyl (C=O) groups excluding carboxylic acids is 2. The number of thioether (sulfide) groups is 1. The van der Waals surface area contributed by atoms with Crippen molar-refractivity contribution in [2.75, 3.05) is 12.3 Å². The molecule has 1 heterocycles. The van der Waals surface area contributed by atoms with Crippen LogP contribution >= 0.6 is 11.8 Å². The van der Waals surface area contributed by atoms with Crippen molar-refractivity contribution >= 4 is 23.6 Å². The van der Waals surface area contributed by atoms with E-state index in [0.29, 0.717) is 13.0 Å². The lowest BCUT2D eigenvalue weighted by Gasteiger charge is -2.09. The topological polar surface area (TPSA) is 58.2 Å². The normalized spacial score (nSPS) is 18.5. The van der Waals surface area contributed by atoms with Crippen LogP contribution in [0.1, 0.15) is 6.42 Å². The maximum atomic E-state index is 12.7. The van der Waals surface area contributed by atoms with Crippen LogP contribution in [-0.4, -0.2) is 30.2 Å². The van der Waals surface area contributed by atoms with E-state index in [1.54, 1.807) is 12.1 Å². The summed E-state index contributed by atoms with van der Waals surface area (Å²) in [5.41, 5.74) is 0. The first-order valence-electron chi connectivity index (χ1n) is 5.58. The fraction of sp³-hybridized carbons (Fsp3) is 0.333. The lowest BCUT2D eigenvalue weighted by atomic mass is 10.2. The first-order chi connectivity index (χ1) is 8.63. The van der Waals surface area contributed by atoms with E-state index in [0.717, 1.165) is 4.90 Å². The summed E-state index contributed by atoms with van der Waals surface area (Å²) in [6.07, 6.45) is 0.340. The van der Waals surface area contributed by atoms with Crippen molar-refractivity contribution in [1.82, 2.24) is 10.6 Å². The van der Waals surface area contributed by atoms with Crippen molar-refractivity contribution in [2.45, 2.75) is 17.4 Å². The highest BCUT2D eigenvalue weighted by Crippen LogP contribution is 2.17. The van der Waals surface area contributed by atoms with Crippen LogP contribution in [0.25, 0.3) is 0 Å². The van der Waals surface area contributed by atoms with Gasteiger partial charge in [0.2, 0.25) is 11.8 Å². The molecule has 1 aromatic carbocycles. The van der Waals surface area contributed by atoms with Crippen molar-refractivity contribution in [3.63, 3.8) is 0 Å². The van der Waals surface area contributed by atoms with Gasteiger partial charge in [-0.05, 0) is 24.3 Å². The third kappa shape index (κ3) is 3.73. The van der Waals surface area contributed by atoms with Crippen molar-refractivity contribution in [1.29, 1.82) is 0 Å². The van der Waals surface area contributed by atoms with Gasteiger partial charge in [0.15, 0.2) is 0 Å². The molecule has 6 heteroatoms. The SMILES string of the molecule is O=C1C[C@@H](NC(=O)CSc2ccc(F)cc2)CN1. The molecular weight excluding hydrogens is 255 g/mol. The van der Waals surface area contributed by atoms with Crippen LogP contribution in [0.5, 0.6) is 0 Å². The standard InChI is InChI=1S/C12H13FN2O2S/c13-8-1-3-10(4-2-8)18-7-12(17)15-9-5-11(16)14-6-9/h1-4,9H,5-7H2,(H,14,16)(H,15,17)/t9-/m1/s1. The summed E-state index contributed by atoms with van der Waals surface area (Å²) < 4.78 is 12.7. The number of halogens is 1. The lowest BCUT2D eigenvalue weighted by molar-refractivity contribution is -0.119. The first kappa shape index (κ1) is 12.9. The highest BCUT2D eigenvalue weighted by Gasteiger charge is 2.22.